The highest BCUT2D eigenvalue weighted by Gasteiger charge is 2.17. The number of rotatable bonds is 42. The Bertz CT molecular complexity index is 1140. The van der Waals surface area contributed by atoms with Crippen LogP contribution < -0.4 is 5.32 Å². The van der Waals surface area contributed by atoms with E-state index < -0.39 is 12.1 Å². The third-order valence-corrected chi connectivity index (χ3v) is 10.2. The van der Waals surface area contributed by atoms with Crippen LogP contribution in [0.15, 0.2) is 109 Å². The number of carbonyl (C=O) groups is 1. The Balaban J connectivity index is 3.73. The molecule has 0 saturated heterocycles. The number of unbranched alkanes of at least 4 members (excludes halogenated alkanes) is 19. The highest BCUT2D eigenvalue weighted by molar-refractivity contribution is 5.76. The number of aliphatic hydroxyl groups is 2. The Hall–Kier alpha value is -2.95. The van der Waals surface area contributed by atoms with E-state index in [1.54, 1.807) is 6.08 Å². The SMILES string of the molecule is CC/C=C\C/C=C\C/C=C\C/C=C\C/C=C\C/C=C\C/C=C\CCCCCC(=O)NC(CO)C(O)/C=C/CC/C=C/CCCCCCCCCCCCCCCCC. The van der Waals surface area contributed by atoms with E-state index in [0.29, 0.717) is 6.42 Å². The lowest BCUT2D eigenvalue weighted by atomic mass is 10.0. The van der Waals surface area contributed by atoms with Crippen LogP contribution in [0, 0.1) is 0 Å². The first-order valence-corrected chi connectivity index (χ1v) is 24.1. The van der Waals surface area contributed by atoms with Crippen molar-refractivity contribution in [2.45, 2.75) is 219 Å². The van der Waals surface area contributed by atoms with Gasteiger partial charge in [-0.05, 0) is 89.9 Å². The van der Waals surface area contributed by atoms with Crippen molar-refractivity contribution in [3.8, 4) is 0 Å². The molecule has 58 heavy (non-hydrogen) atoms. The molecule has 0 aromatic rings. The summed E-state index contributed by atoms with van der Waals surface area (Å²) in [5.74, 6) is -0.110. The lowest BCUT2D eigenvalue weighted by Gasteiger charge is -2.19. The monoisotopic (exact) mass is 802 g/mol. The molecule has 0 fully saturated rings. The van der Waals surface area contributed by atoms with Crippen molar-refractivity contribution in [1.82, 2.24) is 5.32 Å². The normalized spacial score (nSPS) is 13.9. The quantitative estimate of drug-likeness (QED) is 0.0425. The van der Waals surface area contributed by atoms with Gasteiger partial charge in [0.05, 0.1) is 18.8 Å². The van der Waals surface area contributed by atoms with Crippen molar-refractivity contribution in [3.05, 3.63) is 109 Å². The van der Waals surface area contributed by atoms with E-state index in [9.17, 15) is 15.0 Å². The van der Waals surface area contributed by atoms with Gasteiger partial charge in [0.25, 0.3) is 0 Å². The Morgan fingerprint density at radius 1 is 0.431 bits per heavy atom. The van der Waals surface area contributed by atoms with Gasteiger partial charge < -0.3 is 15.5 Å². The van der Waals surface area contributed by atoms with E-state index >= 15 is 0 Å². The van der Waals surface area contributed by atoms with Gasteiger partial charge in [0.1, 0.15) is 0 Å². The van der Waals surface area contributed by atoms with E-state index in [1.807, 2.05) is 6.08 Å². The fraction of sp³-hybridized carbons (Fsp3) is 0.648. The third kappa shape index (κ3) is 44.2. The zero-order chi connectivity index (χ0) is 42.1. The number of allylic oxidation sites excluding steroid dienone is 17. The molecular weight excluding hydrogens is 711 g/mol. The van der Waals surface area contributed by atoms with Gasteiger partial charge in [0.15, 0.2) is 0 Å². The van der Waals surface area contributed by atoms with Crippen molar-refractivity contribution >= 4 is 5.91 Å². The second-order valence-electron chi connectivity index (χ2n) is 15.8. The maximum Gasteiger partial charge on any atom is 0.220 e. The van der Waals surface area contributed by atoms with Crippen molar-refractivity contribution in [2.24, 2.45) is 0 Å². The first-order chi connectivity index (χ1) is 28.7. The molecule has 2 unspecified atom stereocenters. The van der Waals surface area contributed by atoms with Crippen molar-refractivity contribution in [3.63, 3.8) is 0 Å². The Labute approximate surface area is 359 Å². The first-order valence-electron chi connectivity index (χ1n) is 24.1. The predicted octanol–water partition coefficient (Wildman–Crippen LogP) is 15.6. The zero-order valence-corrected chi connectivity index (χ0v) is 37.8. The number of aliphatic hydroxyl groups excluding tert-OH is 2. The average molecular weight is 802 g/mol. The average Bonchev–Trinajstić information content (AvgIpc) is 3.23. The standard InChI is InChI=1S/C54H91NO3/c1-3-5-7-9-11-13-15-17-19-21-23-25-26-27-28-30-32-34-36-38-40-42-44-46-48-50-54(58)55-52(51-56)53(57)49-47-45-43-41-39-37-35-33-31-29-24-22-20-18-16-14-12-10-8-6-4-2/h5,7,11,13,17,19,23,25,27-28,32,34,38-41,47,49,52-53,56-57H,3-4,6,8-10,12,14-16,18,20-22,24,26,29-31,33,35-37,42-46,48,50-51H2,1-2H3,(H,55,58)/b7-5-,13-11-,19-17-,25-23-,28-27-,34-32-,40-38-,41-39+,49-47+. The van der Waals surface area contributed by atoms with Gasteiger partial charge in [-0.3, -0.25) is 4.79 Å². The number of carbonyl (C=O) groups excluding carboxylic acids is 1. The van der Waals surface area contributed by atoms with Gasteiger partial charge in [-0.25, -0.2) is 0 Å². The molecule has 0 aliphatic carbocycles. The van der Waals surface area contributed by atoms with Gasteiger partial charge in [0.2, 0.25) is 5.91 Å². The molecule has 0 heterocycles. The van der Waals surface area contributed by atoms with Crippen LogP contribution in [-0.2, 0) is 4.79 Å². The minimum Gasteiger partial charge on any atom is -0.394 e. The molecule has 4 nitrogen and oxygen atoms in total. The molecule has 0 spiro atoms. The Morgan fingerprint density at radius 2 is 0.776 bits per heavy atom. The second-order valence-corrected chi connectivity index (χ2v) is 15.8. The second kappa shape index (κ2) is 48.4. The smallest absolute Gasteiger partial charge is 0.220 e. The van der Waals surface area contributed by atoms with Crippen molar-refractivity contribution in [2.75, 3.05) is 6.61 Å². The molecule has 1 amide bonds. The van der Waals surface area contributed by atoms with Gasteiger partial charge in [-0.15, -0.1) is 0 Å². The summed E-state index contributed by atoms with van der Waals surface area (Å²) in [6.45, 7) is 4.16. The fourth-order valence-electron chi connectivity index (χ4n) is 6.58. The van der Waals surface area contributed by atoms with Crippen molar-refractivity contribution < 1.29 is 15.0 Å². The molecule has 4 heteroatoms. The molecule has 0 aromatic carbocycles. The van der Waals surface area contributed by atoms with Gasteiger partial charge in [-0.2, -0.15) is 0 Å². The van der Waals surface area contributed by atoms with Crippen LogP contribution in [0.25, 0.3) is 0 Å². The summed E-state index contributed by atoms with van der Waals surface area (Å²) in [6.07, 6.45) is 73.5. The van der Waals surface area contributed by atoms with Crippen LogP contribution >= 0.6 is 0 Å². The molecule has 0 aliphatic heterocycles. The van der Waals surface area contributed by atoms with Crippen LogP contribution in [0.3, 0.4) is 0 Å². The molecule has 330 valence electrons. The molecule has 0 radical (unpaired) electrons. The maximum absolute atomic E-state index is 12.4. The summed E-state index contributed by atoms with van der Waals surface area (Å²) in [5, 5.41) is 23.0. The number of nitrogens with one attached hydrogen (secondary N) is 1. The largest absolute Gasteiger partial charge is 0.394 e. The molecule has 0 aliphatic rings. The van der Waals surface area contributed by atoms with E-state index in [2.05, 4.69) is 116 Å². The summed E-state index contributed by atoms with van der Waals surface area (Å²) in [6, 6.07) is -0.665. The summed E-state index contributed by atoms with van der Waals surface area (Å²) < 4.78 is 0. The maximum atomic E-state index is 12.4. The first kappa shape index (κ1) is 55.0. The lowest BCUT2D eigenvalue weighted by molar-refractivity contribution is -0.123. The minimum absolute atomic E-state index is 0.110. The van der Waals surface area contributed by atoms with Crippen molar-refractivity contribution in [1.29, 1.82) is 0 Å². The fourth-order valence-corrected chi connectivity index (χ4v) is 6.58. The highest BCUT2D eigenvalue weighted by atomic mass is 16.3. The molecule has 0 bridgehead atoms. The number of hydrogen-bond donors (Lipinski definition) is 3. The zero-order valence-electron chi connectivity index (χ0n) is 37.8. The van der Waals surface area contributed by atoms with Crippen LogP contribution in [0.4, 0.5) is 0 Å². The predicted molar refractivity (Wildman–Crippen MR) is 257 cm³/mol. The molecule has 2 atom stereocenters. The summed E-state index contributed by atoms with van der Waals surface area (Å²) >= 11 is 0. The molecule has 0 saturated carbocycles. The summed E-state index contributed by atoms with van der Waals surface area (Å²) in [7, 11) is 0. The molecule has 0 aromatic heterocycles. The summed E-state index contributed by atoms with van der Waals surface area (Å²) in [4.78, 5) is 12.4. The highest BCUT2D eigenvalue weighted by Crippen LogP contribution is 2.14. The Morgan fingerprint density at radius 3 is 1.21 bits per heavy atom. The molecule has 0 rings (SSSR count). The van der Waals surface area contributed by atoms with E-state index in [0.717, 1.165) is 89.9 Å². The van der Waals surface area contributed by atoms with Crippen LogP contribution in [0.5, 0.6) is 0 Å². The van der Waals surface area contributed by atoms with Crippen LogP contribution in [0.1, 0.15) is 206 Å². The van der Waals surface area contributed by atoms with E-state index in [-0.39, 0.29) is 12.5 Å². The number of amides is 1. The van der Waals surface area contributed by atoms with Crippen LogP contribution in [0.2, 0.25) is 0 Å². The van der Waals surface area contributed by atoms with Crippen LogP contribution in [-0.4, -0.2) is 34.9 Å². The van der Waals surface area contributed by atoms with Gasteiger partial charge in [0, 0.05) is 6.42 Å². The topological polar surface area (TPSA) is 69.6 Å². The summed E-state index contributed by atoms with van der Waals surface area (Å²) in [5.41, 5.74) is 0. The lowest BCUT2D eigenvalue weighted by Crippen LogP contribution is -2.45. The third-order valence-electron chi connectivity index (χ3n) is 10.2. The van der Waals surface area contributed by atoms with E-state index in [1.165, 1.54) is 96.3 Å². The number of hydrogen-bond acceptors (Lipinski definition) is 3. The van der Waals surface area contributed by atoms with Gasteiger partial charge in [-0.1, -0.05) is 220 Å². The Kier molecular flexibility index (Phi) is 46.0. The minimum atomic E-state index is -0.885. The molecule has 3 N–H and O–H groups in total. The van der Waals surface area contributed by atoms with Gasteiger partial charge >= 0.3 is 0 Å². The molecular formula is C54H91NO3. The van der Waals surface area contributed by atoms with E-state index in [4.69, 9.17) is 0 Å².